The van der Waals surface area contributed by atoms with E-state index in [9.17, 15) is 4.79 Å². The highest BCUT2D eigenvalue weighted by molar-refractivity contribution is 5.99. The second kappa shape index (κ2) is 6.53. The molecule has 1 aliphatic heterocycles. The summed E-state index contributed by atoms with van der Waals surface area (Å²) in [5.41, 5.74) is 4.42. The highest BCUT2D eigenvalue weighted by atomic mass is 16.1. The zero-order valence-electron chi connectivity index (χ0n) is 13.3. The summed E-state index contributed by atoms with van der Waals surface area (Å²) in [7, 11) is 0. The molecule has 1 N–H and O–H groups in total. The normalized spacial score (nSPS) is 22.8. The van der Waals surface area contributed by atoms with Gasteiger partial charge in [-0.3, -0.25) is 4.79 Å². The average molecular weight is 273 g/mol. The first-order valence-electron chi connectivity index (χ1n) is 7.85. The van der Waals surface area contributed by atoms with Crippen LogP contribution >= 0.6 is 0 Å². The van der Waals surface area contributed by atoms with E-state index in [2.05, 4.69) is 45.1 Å². The first-order chi connectivity index (χ1) is 9.51. The maximum Gasteiger partial charge on any atom is 0.164 e. The Hall–Kier alpha value is -1.15. The Kier molecular flexibility index (Phi) is 4.98. The van der Waals surface area contributed by atoms with E-state index in [1.165, 1.54) is 18.4 Å². The van der Waals surface area contributed by atoms with E-state index in [0.29, 0.717) is 18.2 Å². The van der Waals surface area contributed by atoms with Crippen LogP contribution < -0.4 is 5.32 Å². The van der Waals surface area contributed by atoms with Gasteiger partial charge in [-0.15, -0.1) is 0 Å². The molecular weight excluding hydrogens is 246 g/mol. The van der Waals surface area contributed by atoms with Gasteiger partial charge in [0.15, 0.2) is 5.78 Å². The molecule has 2 rings (SSSR count). The molecule has 2 heteroatoms. The summed E-state index contributed by atoms with van der Waals surface area (Å²) >= 11 is 0. The van der Waals surface area contributed by atoms with Crippen LogP contribution in [0.4, 0.5) is 0 Å². The second-order valence-electron chi connectivity index (χ2n) is 6.35. The largest absolute Gasteiger partial charge is 0.314 e. The van der Waals surface area contributed by atoms with Crippen LogP contribution in [0.1, 0.15) is 59.7 Å². The van der Waals surface area contributed by atoms with Gasteiger partial charge in [0.2, 0.25) is 0 Å². The van der Waals surface area contributed by atoms with E-state index in [0.717, 1.165) is 35.6 Å². The van der Waals surface area contributed by atoms with Crippen molar-refractivity contribution in [2.45, 2.75) is 59.4 Å². The van der Waals surface area contributed by atoms with Crippen LogP contribution in [0.15, 0.2) is 12.1 Å². The van der Waals surface area contributed by atoms with Crippen molar-refractivity contribution < 1.29 is 4.79 Å². The lowest BCUT2D eigenvalue weighted by molar-refractivity contribution is 0.0956. The molecule has 1 heterocycles. The molecule has 2 nitrogen and oxygen atoms in total. The van der Waals surface area contributed by atoms with Gasteiger partial charge in [-0.1, -0.05) is 31.0 Å². The third kappa shape index (κ3) is 3.49. The van der Waals surface area contributed by atoms with Gasteiger partial charge in [0.25, 0.3) is 0 Å². The van der Waals surface area contributed by atoms with Crippen molar-refractivity contribution >= 4 is 5.78 Å². The predicted octanol–water partition coefficient (Wildman–Crippen LogP) is 3.96. The number of hydrogen-bond donors (Lipinski definition) is 1. The zero-order valence-corrected chi connectivity index (χ0v) is 13.3. The number of aryl methyl sites for hydroxylation is 3. The minimum Gasteiger partial charge on any atom is -0.314 e. The second-order valence-corrected chi connectivity index (χ2v) is 6.35. The molecule has 1 aliphatic rings. The number of carbonyl (C=O) groups is 1. The monoisotopic (exact) mass is 273 g/mol. The summed E-state index contributed by atoms with van der Waals surface area (Å²) < 4.78 is 0. The van der Waals surface area contributed by atoms with Gasteiger partial charge in [0, 0.05) is 18.0 Å². The zero-order chi connectivity index (χ0) is 14.7. The van der Waals surface area contributed by atoms with Crippen molar-refractivity contribution in [3.8, 4) is 0 Å². The average Bonchev–Trinajstić information content (AvgIpc) is 2.37. The van der Waals surface area contributed by atoms with Crippen LogP contribution in [-0.4, -0.2) is 18.4 Å². The number of hydrogen-bond acceptors (Lipinski definition) is 2. The van der Waals surface area contributed by atoms with Crippen molar-refractivity contribution in [1.29, 1.82) is 0 Å². The Labute approximate surface area is 123 Å². The summed E-state index contributed by atoms with van der Waals surface area (Å²) in [5.74, 6) is 1.09. The van der Waals surface area contributed by atoms with Gasteiger partial charge in [-0.05, 0) is 57.2 Å². The van der Waals surface area contributed by atoms with Crippen molar-refractivity contribution in [3.63, 3.8) is 0 Å². The lowest BCUT2D eigenvalue weighted by atomic mass is 9.86. The van der Waals surface area contributed by atoms with E-state index in [4.69, 9.17) is 0 Å². The van der Waals surface area contributed by atoms with E-state index >= 15 is 0 Å². The van der Waals surface area contributed by atoms with Gasteiger partial charge in [-0.2, -0.15) is 0 Å². The predicted molar refractivity (Wildman–Crippen MR) is 84.4 cm³/mol. The van der Waals surface area contributed by atoms with Gasteiger partial charge in [0.1, 0.15) is 0 Å². The molecule has 1 fully saturated rings. The first kappa shape index (κ1) is 15.2. The smallest absolute Gasteiger partial charge is 0.164 e. The molecule has 0 amide bonds. The Morgan fingerprint density at radius 3 is 2.50 bits per heavy atom. The molecular formula is C18H27NO. The fourth-order valence-corrected chi connectivity index (χ4v) is 3.57. The molecule has 1 saturated heterocycles. The molecule has 1 aromatic carbocycles. The molecule has 0 radical (unpaired) electrons. The van der Waals surface area contributed by atoms with Crippen LogP contribution in [0.3, 0.4) is 0 Å². The van der Waals surface area contributed by atoms with Crippen LogP contribution in [-0.2, 0) is 0 Å². The fourth-order valence-electron chi connectivity index (χ4n) is 3.57. The molecule has 0 spiro atoms. The molecule has 0 bridgehead atoms. The molecule has 2 atom stereocenters. The summed E-state index contributed by atoms with van der Waals surface area (Å²) in [6.45, 7) is 9.50. The van der Waals surface area contributed by atoms with Crippen LogP contribution in [0.5, 0.6) is 0 Å². The van der Waals surface area contributed by atoms with Crippen LogP contribution in [0.2, 0.25) is 0 Å². The summed E-state index contributed by atoms with van der Waals surface area (Å²) in [6, 6.07) is 4.59. The number of benzene rings is 1. The number of piperidine rings is 1. The Bertz CT molecular complexity index is 469. The Morgan fingerprint density at radius 2 is 1.90 bits per heavy atom. The Balaban J connectivity index is 2.09. The van der Waals surface area contributed by atoms with Crippen LogP contribution in [0.25, 0.3) is 0 Å². The van der Waals surface area contributed by atoms with Crippen molar-refractivity contribution in [2.24, 2.45) is 5.92 Å². The maximum absolute atomic E-state index is 12.6. The van der Waals surface area contributed by atoms with Gasteiger partial charge < -0.3 is 5.32 Å². The number of nitrogens with one attached hydrogen (secondary N) is 1. The number of ketones is 1. The van der Waals surface area contributed by atoms with Gasteiger partial charge >= 0.3 is 0 Å². The van der Waals surface area contributed by atoms with Crippen molar-refractivity contribution in [1.82, 2.24) is 5.32 Å². The lowest BCUT2D eigenvalue weighted by Crippen LogP contribution is -2.39. The quantitative estimate of drug-likeness (QED) is 0.841. The van der Waals surface area contributed by atoms with E-state index in [1.54, 1.807) is 0 Å². The molecule has 1 aromatic rings. The fraction of sp³-hybridized carbons (Fsp3) is 0.611. The molecule has 0 saturated carbocycles. The third-order valence-corrected chi connectivity index (χ3v) is 4.57. The maximum atomic E-state index is 12.6. The summed E-state index contributed by atoms with van der Waals surface area (Å²) in [6.07, 6.45) is 4.27. The Morgan fingerprint density at radius 1 is 1.25 bits per heavy atom. The van der Waals surface area contributed by atoms with E-state index in [1.807, 2.05) is 0 Å². The van der Waals surface area contributed by atoms with Crippen LogP contribution in [0, 0.1) is 26.7 Å². The molecule has 20 heavy (non-hydrogen) atoms. The standard InChI is InChI=1S/C18H27NO/c1-5-15-6-7-19-16(10-15)11-17(20)18-13(3)8-12(2)9-14(18)4/h8-9,15-16,19H,5-7,10-11H2,1-4H3. The molecule has 0 aromatic heterocycles. The lowest BCUT2D eigenvalue weighted by Gasteiger charge is -2.29. The number of Topliss-reactive ketones (excluding diaryl/α,β-unsaturated/α-hetero) is 1. The highest BCUT2D eigenvalue weighted by Gasteiger charge is 2.24. The van der Waals surface area contributed by atoms with Crippen molar-refractivity contribution in [2.75, 3.05) is 6.54 Å². The van der Waals surface area contributed by atoms with Gasteiger partial charge in [-0.25, -0.2) is 0 Å². The minimum absolute atomic E-state index is 0.300. The molecule has 2 unspecified atom stereocenters. The summed E-state index contributed by atoms with van der Waals surface area (Å²) in [5, 5.41) is 3.51. The topological polar surface area (TPSA) is 29.1 Å². The van der Waals surface area contributed by atoms with E-state index < -0.39 is 0 Å². The van der Waals surface area contributed by atoms with Gasteiger partial charge in [0.05, 0.1) is 0 Å². The molecule has 0 aliphatic carbocycles. The minimum atomic E-state index is 0.300. The van der Waals surface area contributed by atoms with Crippen molar-refractivity contribution in [3.05, 3.63) is 34.4 Å². The van der Waals surface area contributed by atoms with E-state index in [-0.39, 0.29) is 0 Å². The summed E-state index contributed by atoms with van der Waals surface area (Å²) in [4.78, 5) is 12.6. The highest BCUT2D eigenvalue weighted by Crippen LogP contribution is 2.24. The number of carbonyl (C=O) groups excluding carboxylic acids is 1. The molecule has 110 valence electrons. The SMILES string of the molecule is CCC1CCNC(CC(=O)c2c(C)cc(C)cc2C)C1. The first-order valence-corrected chi connectivity index (χ1v) is 7.85. The number of rotatable bonds is 4. The third-order valence-electron chi connectivity index (χ3n) is 4.57.